The van der Waals surface area contributed by atoms with Crippen LogP contribution in [0.15, 0.2) is 200 Å². The van der Waals surface area contributed by atoms with Crippen molar-refractivity contribution in [3.05, 3.63) is 223 Å². The average molecular weight is 870 g/mol. The van der Waals surface area contributed by atoms with Gasteiger partial charge in [-0.1, -0.05) is 0 Å². The fourth-order valence-corrected chi connectivity index (χ4v) is 17.9. The van der Waals surface area contributed by atoms with Gasteiger partial charge in [-0.2, -0.15) is 0 Å². The molecule has 0 saturated carbocycles. The van der Waals surface area contributed by atoms with Gasteiger partial charge in [-0.3, -0.25) is 0 Å². The Kier molecular flexibility index (Phi) is 9.73. The molecule has 2 nitrogen and oxygen atoms in total. The Balaban J connectivity index is 1.30. The van der Waals surface area contributed by atoms with E-state index in [-0.39, 0.29) is 17.5 Å². The summed E-state index contributed by atoms with van der Waals surface area (Å²) in [4.78, 5) is 5.19. The second-order valence-corrected chi connectivity index (χ2v) is 25.3. The van der Waals surface area contributed by atoms with Gasteiger partial charge in [0.2, 0.25) is 0 Å². The number of benzene rings is 8. The van der Waals surface area contributed by atoms with Crippen LogP contribution in [0.1, 0.15) is 70.7 Å². The van der Waals surface area contributed by atoms with Crippen molar-refractivity contribution in [3.8, 4) is 11.1 Å². The molecule has 66 heavy (non-hydrogen) atoms. The summed E-state index contributed by atoms with van der Waals surface area (Å²) in [5.74, 6) is 0. The van der Waals surface area contributed by atoms with E-state index in [1.54, 1.807) is 0 Å². The van der Waals surface area contributed by atoms with Crippen LogP contribution in [0, 0.1) is 6.92 Å². The summed E-state index contributed by atoms with van der Waals surface area (Å²) >= 11 is 0. The van der Waals surface area contributed by atoms with E-state index in [2.05, 4.69) is 260 Å². The number of fused-ring (bicyclic) bond motifs is 7. The SMILES string of the molecule is C=C/C(=C(\C)N1c2cc3c(cc2B2c4ccc(C(C)(C)C)cc4N(c4cccc(C(C)(C)C)c4)c4cc(C)cc1c42)[SiH-](c1ccccc1)(c1ccccc1)c1ccccc1-3)c1ccccc1. The molecule has 4 heteroatoms. The van der Waals surface area contributed by atoms with Crippen molar-refractivity contribution in [3.63, 3.8) is 0 Å². The number of allylic oxidation sites excluding steroid dienone is 3. The molecule has 0 aliphatic carbocycles. The standard InChI is InChI=1S/C62H58BN2Si/c1-10-49(43-23-14-11-15-24-43)42(3)64-55-39-51-50-31-20-21-32-58(50)66(47-27-16-12-17-28-47,48-29-18-13-19-30-48)59(51)40-53(55)63-52-34-33-45(62(7,8)9)38-54(52)65(57-36-41(2)35-56(64)60(57)63)46-26-22-25-44(37-46)61(4,5)6/h10-40,66H,1H2,2-9H3/q-1/b49-42-. The van der Waals surface area contributed by atoms with Gasteiger partial charge in [0.05, 0.1) is 0 Å². The van der Waals surface area contributed by atoms with Crippen molar-refractivity contribution >= 4 is 85.9 Å². The molecule has 8 aromatic carbocycles. The van der Waals surface area contributed by atoms with Crippen LogP contribution in [0.4, 0.5) is 28.4 Å². The Bertz CT molecular complexity index is 3220. The Morgan fingerprint density at radius 1 is 0.530 bits per heavy atom. The maximum atomic E-state index is 4.47. The normalized spacial score (nSPS) is 15.2. The topological polar surface area (TPSA) is 6.48 Å². The third-order valence-electron chi connectivity index (χ3n) is 15.0. The fourth-order valence-electron chi connectivity index (χ4n) is 11.9. The van der Waals surface area contributed by atoms with Gasteiger partial charge in [0.25, 0.3) is 0 Å². The van der Waals surface area contributed by atoms with Crippen molar-refractivity contribution in [1.82, 2.24) is 0 Å². The average Bonchev–Trinajstić information content (AvgIpc) is 3.61. The second-order valence-electron chi connectivity index (χ2n) is 21.0. The van der Waals surface area contributed by atoms with Crippen molar-refractivity contribution in [2.45, 2.75) is 66.2 Å². The predicted molar refractivity (Wildman–Crippen MR) is 290 cm³/mol. The molecule has 0 radical (unpaired) electrons. The first-order chi connectivity index (χ1) is 31.8. The van der Waals surface area contributed by atoms with Crippen LogP contribution in [0.25, 0.3) is 16.7 Å². The van der Waals surface area contributed by atoms with E-state index in [1.165, 1.54) is 93.4 Å². The van der Waals surface area contributed by atoms with E-state index in [0.29, 0.717) is 0 Å². The molecular formula is C62H58BN2Si-. The summed E-state index contributed by atoms with van der Waals surface area (Å²) in [5.41, 5.74) is 20.1. The number of anilines is 5. The molecule has 0 saturated heterocycles. The van der Waals surface area contributed by atoms with E-state index >= 15 is 0 Å². The first-order valence-corrected chi connectivity index (χ1v) is 26.0. The van der Waals surface area contributed by atoms with Gasteiger partial charge in [0, 0.05) is 0 Å². The number of nitrogens with zero attached hydrogens (tertiary/aromatic N) is 2. The molecule has 3 heterocycles. The van der Waals surface area contributed by atoms with Crippen LogP contribution in [0.5, 0.6) is 0 Å². The van der Waals surface area contributed by atoms with E-state index in [9.17, 15) is 0 Å². The van der Waals surface area contributed by atoms with Gasteiger partial charge in [-0.25, -0.2) is 0 Å². The van der Waals surface area contributed by atoms with Crippen molar-refractivity contribution in [2.24, 2.45) is 0 Å². The number of hydrogen-bond donors (Lipinski definition) is 0. The zero-order chi connectivity index (χ0) is 45.7. The third-order valence-corrected chi connectivity index (χ3v) is 20.6. The zero-order valence-electron chi connectivity index (χ0n) is 39.7. The number of hydrogen-bond acceptors (Lipinski definition) is 2. The van der Waals surface area contributed by atoms with Crippen molar-refractivity contribution < 1.29 is 0 Å². The quantitative estimate of drug-likeness (QED) is 0.121. The summed E-state index contributed by atoms with van der Waals surface area (Å²) in [6.45, 7) is 23.0. The van der Waals surface area contributed by atoms with E-state index in [0.717, 1.165) is 16.8 Å². The Labute approximate surface area is 393 Å². The molecule has 0 spiro atoms. The molecule has 0 N–H and O–H groups in total. The van der Waals surface area contributed by atoms with Gasteiger partial charge in [0.15, 0.2) is 0 Å². The molecule has 3 aliphatic rings. The maximum absolute atomic E-state index is 4.47. The molecule has 0 bridgehead atoms. The summed E-state index contributed by atoms with van der Waals surface area (Å²) in [6.07, 6.45) is 2.05. The fraction of sp³-hybridized carbons (Fsp3) is 0.161. The molecular weight excluding hydrogens is 812 g/mol. The van der Waals surface area contributed by atoms with Gasteiger partial charge < -0.3 is 0 Å². The van der Waals surface area contributed by atoms with Gasteiger partial charge in [-0.05, 0) is 0 Å². The Hall–Kier alpha value is -6.88. The van der Waals surface area contributed by atoms with Crippen molar-refractivity contribution in [2.75, 3.05) is 9.80 Å². The minimum atomic E-state index is -3.28. The molecule has 11 rings (SSSR count). The molecule has 0 amide bonds. The monoisotopic (exact) mass is 869 g/mol. The van der Waals surface area contributed by atoms with Crippen LogP contribution in [0.2, 0.25) is 0 Å². The van der Waals surface area contributed by atoms with Gasteiger partial charge >= 0.3 is 396 Å². The van der Waals surface area contributed by atoms with Gasteiger partial charge in [-0.15, -0.1) is 0 Å². The summed E-state index contributed by atoms with van der Waals surface area (Å²) in [6, 6.07) is 69.9. The molecule has 8 aromatic rings. The first kappa shape index (κ1) is 41.8. The van der Waals surface area contributed by atoms with Crippen LogP contribution < -0.4 is 46.9 Å². The number of rotatable bonds is 6. The molecule has 0 unspecified atom stereocenters. The zero-order valence-corrected chi connectivity index (χ0v) is 40.8. The van der Waals surface area contributed by atoms with E-state index in [4.69, 9.17) is 0 Å². The molecule has 0 atom stereocenters. The van der Waals surface area contributed by atoms with Crippen LogP contribution >= 0.6 is 0 Å². The summed E-state index contributed by atoms with van der Waals surface area (Å²) in [5, 5.41) is 5.83. The van der Waals surface area contributed by atoms with Crippen LogP contribution in [-0.2, 0) is 10.8 Å². The Morgan fingerprint density at radius 3 is 1.79 bits per heavy atom. The molecule has 324 valence electrons. The summed E-state index contributed by atoms with van der Waals surface area (Å²) in [7, 11) is -3.28. The predicted octanol–water partition coefficient (Wildman–Crippen LogP) is 11.0. The summed E-state index contributed by atoms with van der Waals surface area (Å²) < 4.78 is 0. The first-order valence-electron chi connectivity index (χ1n) is 23.7. The second kappa shape index (κ2) is 15.4. The minimum absolute atomic E-state index is 0.0146. The third kappa shape index (κ3) is 6.29. The number of aryl methyl sites for hydroxylation is 1. The molecule has 3 aliphatic heterocycles. The van der Waals surface area contributed by atoms with Crippen LogP contribution in [-0.4, -0.2) is 14.8 Å². The van der Waals surface area contributed by atoms with Crippen LogP contribution in [0.3, 0.4) is 0 Å². The van der Waals surface area contributed by atoms with E-state index < -0.39 is 8.07 Å². The van der Waals surface area contributed by atoms with Gasteiger partial charge in [0.1, 0.15) is 0 Å². The van der Waals surface area contributed by atoms with E-state index in [1.807, 2.05) is 0 Å². The molecule has 0 fully saturated rings. The Morgan fingerprint density at radius 2 is 1.14 bits per heavy atom. The molecule has 0 aromatic heterocycles. The van der Waals surface area contributed by atoms with Crippen molar-refractivity contribution in [1.29, 1.82) is 0 Å².